The van der Waals surface area contributed by atoms with Crippen molar-refractivity contribution in [2.45, 2.75) is 25.4 Å². The minimum Gasteiger partial charge on any atom is -0.497 e. The normalized spacial score (nSPS) is 21.8. The smallest absolute Gasteiger partial charge is 0.255 e. The van der Waals surface area contributed by atoms with Crippen molar-refractivity contribution in [1.82, 2.24) is 4.90 Å². The number of hydrogen-bond acceptors (Lipinski definition) is 4. The van der Waals surface area contributed by atoms with E-state index in [0.717, 1.165) is 32.7 Å². The van der Waals surface area contributed by atoms with E-state index in [4.69, 9.17) is 25.8 Å². The van der Waals surface area contributed by atoms with E-state index in [1.165, 1.54) is 0 Å². The van der Waals surface area contributed by atoms with Gasteiger partial charge in [-0.2, -0.15) is 0 Å². The Kier molecular flexibility index (Phi) is 5.33. The first-order valence-electron chi connectivity index (χ1n) is 8.44. The molecule has 1 spiro atoms. The van der Waals surface area contributed by atoms with Gasteiger partial charge in [0.25, 0.3) is 5.91 Å². The fourth-order valence-electron chi connectivity index (χ4n) is 3.62. The van der Waals surface area contributed by atoms with E-state index >= 15 is 0 Å². The van der Waals surface area contributed by atoms with Crippen molar-refractivity contribution in [3.63, 3.8) is 0 Å². The van der Waals surface area contributed by atoms with Gasteiger partial charge < -0.3 is 19.1 Å². The summed E-state index contributed by atoms with van der Waals surface area (Å²) in [4.78, 5) is 14.5. The number of nitrogens with zero attached hydrogens (tertiary/aromatic N) is 1. The summed E-state index contributed by atoms with van der Waals surface area (Å²) in [7, 11) is 1.57. The predicted octanol–water partition coefficient (Wildman–Crippen LogP) is 3.01. The molecule has 2 saturated heterocycles. The number of carbonyl (C=O) groups excluding carboxylic acids is 1. The molecule has 1 amide bonds. The first-order chi connectivity index (χ1) is 11.6. The summed E-state index contributed by atoms with van der Waals surface area (Å²) in [6.07, 6.45) is 2.02. The van der Waals surface area contributed by atoms with Crippen LogP contribution in [-0.2, 0) is 9.47 Å². The highest BCUT2D eigenvalue weighted by atomic mass is 35.5. The third-order valence-corrected chi connectivity index (χ3v) is 5.35. The van der Waals surface area contributed by atoms with Gasteiger partial charge in [0.2, 0.25) is 0 Å². The number of halogens is 1. The van der Waals surface area contributed by atoms with Crippen LogP contribution in [0.25, 0.3) is 0 Å². The summed E-state index contributed by atoms with van der Waals surface area (Å²) in [5.74, 6) is 1.02. The average Bonchev–Trinajstić information content (AvgIpc) is 2.97. The predicted molar refractivity (Wildman–Crippen MR) is 91.8 cm³/mol. The van der Waals surface area contributed by atoms with Gasteiger partial charge in [-0.15, -0.1) is 0 Å². The van der Waals surface area contributed by atoms with Gasteiger partial charge in [-0.05, 0) is 43.9 Å². The van der Waals surface area contributed by atoms with Crippen LogP contribution < -0.4 is 4.74 Å². The molecule has 1 unspecified atom stereocenters. The monoisotopic (exact) mass is 353 g/mol. The molecule has 1 atom stereocenters. The van der Waals surface area contributed by atoms with E-state index in [0.29, 0.717) is 35.3 Å². The van der Waals surface area contributed by atoms with Gasteiger partial charge >= 0.3 is 0 Å². The Labute approximate surface area is 147 Å². The highest BCUT2D eigenvalue weighted by Crippen LogP contribution is 2.42. The maximum atomic E-state index is 12.7. The zero-order valence-corrected chi connectivity index (χ0v) is 15.0. The van der Waals surface area contributed by atoms with Crippen LogP contribution in [0.3, 0.4) is 0 Å². The summed E-state index contributed by atoms with van der Waals surface area (Å²) in [5, 5.41) is 0.446. The van der Waals surface area contributed by atoms with Gasteiger partial charge in [0.05, 0.1) is 30.8 Å². The standard InChI is InChI=1S/C18H24ClNO4/c1-3-23-8-6-13-7-9-24-18(13)11-20(12-18)17(21)15-10-14(22-2)4-5-16(15)19/h4-5,10,13H,3,6-9,11-12H2,1-2H3. The minimum atomic E-state index is -0.196. The fraction of sp³-hybridized carbons (Fsp3) is 0.611. The molecule has 5 nitrogen and oxygen atoms in total. The molecular formula is C18H24ClNO4. The number of rotatable bonds is 6. The van der Waals surface area contributed by atoms with E-state index in [9.17, 15) is 4.79 Å². The maximum Gasteiger partial charge on any atom is 0.255 e. The molecule has 0 saturated carbocycles. The number of ether oxygens (including phenoxy) is 3. The second-order valence-electron chi connectivity index (χ2n) is 6.39. The third-order valence-electron chi connectivity index (χ3n) is 5.02. The Bertz CT molecular complexity index is 601. The minimum absolute atomic E-state index is 0.0661. The Hall–Kier alpha value is -1.30. The molecule has 3 rings (SSSR count). The highest BCUT2D eigenvalue weighted by molar-refractivity contribution is 6.33. The van der Waals surface area contributed by atoms with Crippen LogP contribution in [0.2, 0.25) is 5.02 Å². The van der Waals surface area contributed by atoms with E-state index in [-0.39, 0.29) is 11.5 Å². The van der Waals surface area contributed by atoms with Crippen LogP contribution in [0.1, 0.15) is 30.1 Å². The highest BCUT2D eigenvalue weighted by Gasteiger charge is 2.54. The lowest BCUT2D eigenvalue weighted by Gasteiger charge is -2.50. The molecule has 24 heavy (non-hydrogen) atoms. The van der Waals surface area contributed by atoms with Gasteiger partial charge in [0.15, 0.2) is 0 Å². The number of carbonyl (C=O) groups is 1. The molecule has 0 bridgehead atoms. The molecule has 0 aromatic heterocycles. The molecule has 2 fully saturated rings. The van der Waals surface area contributed by atoms with Crippen molar-refractivity contribution in [2.75, 3.05) is 40.0 Å². The Morgan fingerprint density at radius 3 is 2.96 bits per heavy atom. The molecule has 132 valence electrons. The van der Waals surface area contributed by atoms with Crippen LogP contribution in [0.5, 0.6) is 5.75 Å². The second kappa shape index (κ2) is 7.30. The Morgan fingerprint density at radius 1 is 1.46 bits per heavy atom. The molecule has 0 radical (unpaired) electrons. The molecule has 6 heteroatoms. The topological polar surface area (TPSA) is 48.0 Å². The SMILES string of the molecule is CCOCCC1CCOC12CN(C(=O)c1cc(OC)ccc1Cl)C2. The van der Waals surface area contributed by atoms with Crippen molar-refractivity contribution in [3.05, 3.63) is 28.8 Å². The quantitative estimate of drug-likeness (QED) is 0.738. The summed E-state index contributed by atoms with van der Waals surface area (Å²) in [6.45, 7) is 5.50. The zero-order chi connectivity index (χ0) is 17.2. The molecule has 1 aromatic rings. The fourth-order valence-corrected chi connectivity index (χ4v) is 3.82. The van der Waals surface area contributed by atoms with Gasteiger partial charge in [-0.25, -0.2) is 0 Å². The summed E-state index contributed by atoms with van der Waals surface area (Å²) in [5.41, 5.74) is 0.285. The molecule has 0 N–H and O–H groups in total. The molecular weight excluding hydrogens is 330 g/mol. The number of amides is 1. The van der Waals surface area contributed by atoms with Crippen molar-refractivity contribution >= 4 is 17.5 Å². The lowest BCUT2D eigenvalue weighted by atomic mass is 9.79. The number of hydrogen-bond donors (Lipinski definition) is 0. The van der Waals surface area contributed by atoms with Crippen molar-refractivity contribution < 1.29 is 19.0 Å². The summed E-state index contributed by atoms with van der Waals surface area (Å²) >= 11 is 6.19. The zero-order valence-electron chi connectivity index (χ0n) is 14.2. The molecule has 2 aliphatic heterocycles. The van der Waals surface area contributed by atoms with Gasteiger partial charge in [-0.3, -0.25) is 4.79 Å². The molecule has 2 aliphatic rings. The van der Waals surface area contributed by atoms with E-state index in [2.05, 4.69) is 0 Å². The van der Waals surface area contributed by atoms with Gasteiger partial charge in [-0.1, -0.05) is 11.6 Å². The van der Waals surface area contributed by atoms with Crippen LogP contribution in [0.4, 0.5) is 0 Å². The van der Waals surface area contributed by atoms with Crippen molar-refractivity contribution in [1.29, 1.82) is 0 Å². The molecule has 2 heterocycles. The van der Waals surface area contributed by atoms with E-state index in [1.54, 1.807) is 30.2 Å². The average molecular weight is 354 g/mol. The van der Waals surface area contributed by atoms with Gasteiger partial charge in [0, 0.05) is 19.8 Å². The number of methoxy groups -OCH3 is 1. The summed E-state index contributed by atoms with van der Waals surface area (Å²) < 4.78 is 16.7. The first-order valence-corrected chi connectivity index (χ1v) is 8.82. The van der Waals surface area contributed by atoms with E-state index < -0.39 is 0 Å². The lowest BCUT2D eigenvalue weighted by molar-refractivity contribution is -0.120. The van der Waals surface area contributed by atoms with Crippen LogP contribution >= 0.6 is 11.6 Å². The Morgan fingerprint density at radius 2 is 2.25 bits per heavy atom. The number of likely N-dealkylation sites (tertiary alicyclic amines) is 1. The van der Waals surface area contributed by atoms with Crippen molar-refractivity contribution in [3.8, 4) is 5.75 Å². The second-order valence-corrected chi connectivity index (χ2v) is 6.80. The van der Waals surface area contributed by atoms with Crippen LogP contribution in [0, 0.1) is 5.92 Å². The largest absolute Gasteiger partial charge is 0.497 e. The first kappa shape index (κ1) is 17.5. The molecule has 0 aliphatic carbocycles. The van der Waals surface area contributed by atoms with Crippen molar-refractivity contribution in [2.24, 2.45) is 5.92 Å². The third kappa shape index (κ3) is 3.25. The number of benzene rings is 1. The lowest BCUT2D eigenvalue weighted by Crippen LogP contribution is -2.66. The van der Waals surface area contributed by atoms with E-state index in [1.807, 2.05) is 6.92 Å². The van der Waals surface area contributed by atoms with Crippen LogP contribution in [0.15, 0.2) is 18.2 Å². The van der Waals surface area contributed by atoms with Crippen LogP contribution in [-0.4, -0.2) is 56.4 Å². The Balaban J connectivity index is 1.64. The van der Waals surface area contributed by atoms with Gasteiger partial charge in [0.1, 0.15) is 11.4 Å². The molecule has 1 aromatic carbocycles. The maximum absolute atomic E-state index is 12.7. The summed E-state index contributed by atoms with van der Waals surface area (Å²) in [6, 6.07) is 5.14.